The molecule has 0 unspecified atom stereocenters. The van der Waals surface area contributed by atoms with Crippen LogP contribution < -0.4 is 0 Å². The molecule has 0 radical (unpaired) electrons. The lowest BCUT2D eigenvalue weighted by Crippen LogP contribution is -2.00. The van der Waals surface area contributed by atoms with Gasteiger partial charge in [-0.25, -0.2) is 16.8 Å². The van der Waals surface area contributed by atoms with Crippen LogP contribution in [0.2, 0.25) is 0 Å². The molecule has 0 saturated carbocycles. The maximum absolute atomic E-state index is 10.9. The minimum Gasteiger partial charge on any atom is -0.229 e. The summed E-state index contributed by atoms with van der Waals surface area (Å²) in [5.74, 6) is -0.115. The van der Waals surface area contributed by atoms with E-state index >= 15 is 0 Å². The molecule has 84 valence electrons. The zero-order valence-corrected chi connectivity index (χ0v) is 10.2. The Bertz CT molecular complexity index is 543. The first-order valence-electron chi connectivity index (χ1n) is 3.90. The Balaban J connectivity index is 3.02. The first-order valence-corrected chi connectivity index (χ1v) is 8.27. The van der Waals surface area contributed by atoms with Crippen molar-refractivity contribution in [3.8, 4) is 0 Å². The maximum atomic E-state index is 10.9. The van der Waals surface area contributed by atoms with E-state index in [2.05, 4.69) is 0 Å². The molecule has 1 rings (SSSR count). The fraction of sp³-hybridized carbons (Fsp3) is 0.250. The fourth-order valence-corrected chi connectivity index (χ4v) is 2.62. The third-order valence-electron chi connectivity index (χ3n) is 1.63. The van der Waals surface area contributed by atoms with E-state index in [-0.39, 0.29) is 10.6 Å². The molecule has 0 fully saturated rings. The highest BCUT2D eigenvalue weighted by molar-refractivity contribution is 8.13. The molecule has 7 heteroatoms. The molecule has 0 spiro atoms. The van der Waals surface area contributed by atoms with Crippen LogP contribution in [0.25, 0.3) is 0 Å². The van der Waals surface area contributed by atoms with Crippen molar-refractivity contribution >= 4 is 29.6 Å². The van der Waals surface area contributed by atoms with Gasteiger partial charge in [-0.3, -0.25) is 0 Å². The minimum absolute atomic E-state index is 0.0404. The molecule has 0 heterocycles. The largest absolute Gasteiger partial charge is 0.261 e. The van der Waals surface area contributed by atoms with Crippen molar-refractivity contribution in [3.63, 3.8) is 0 Å². The molecule has 0 aliphatic heterocycles. The van der Waals surface area contributed by atoms with Crippen LogP contribution in [-0.4, -0.2) is 23.1 Å². The van der Waals surface area contributed by atoms with Crippen LogP contribution in [0.5, 0.6) is 0 Å². The van der Waals surface area contributed by atoms with Gasteiger partial charge in [0.25, 0.3) is 9.05 Å². The second-order valence-electron chi connectivity index (χ2n) is 3.15. The summed E-state index contributed by atoms with van der Waals surface area (Å²) in [5, 5.41) is 0. The molecular weight excluding hydrogens is 260 g/mol. The van der Waals surface area contributed by atoms with Crippen molar-refractivity contribution in [3.05, 3.63) is 29.8 Å². The van der Waals surface area contributed by atoms with Crippen molar-refractivity contribution in [2.75, 3.05) is 6.26 Å². The highest BCUT2D eigenvalue weighted by Crippen LogP contribution is 2.16. The molecule has 0 saturated heterocycles. The molecule has 0 atom stereocenters. The summed E-state index contributed by atoms with van der Waals surface area (Å²) < 4.78 is 43.6. The average molecular weight is 269 g/mol. The molecule has 0 aliphatic carbocycles. The lowest BCUT2D eigenvalue weighted by atomic mass is 10.2. The van der Waals surface area contributed by atoms with E-state index in [4.69, 9.17) is 10.7 Å². The van der Waals surface area contributed by atoms with Gasteiger partial charge in [-0.2, -0.15) is 0 Å². The number of rotatable bonds is 3. The van der Waals surface area contributed by atoms with Crippen molar-refractivity contribution in [2.24, 2.45) is 0 Å². The van der Waals surface area contributed by atoms with E-state index in [0.717, 1.165) is 6.26 Å². The number of benzene rings is 1. The average Bonchev–Trinajstić information content (AvgIpc) is 2.00. The first kappa shape index (κ1) is 12.5. The predicted molar refractivity (Wildman–Crippen MR) is 58.0 cm³/mol. The van der Waals surface area contributed by atoms with E-state index in [1.165, 1.54) is 24.3 Å². The molecule has 1 aromatic rings. The molecule has 0 aromatic heterocycles. The summed E-state index contributed by atoms with van der Waals surface area (Å²) in [4.78, 5) is -0.0404. The second-order valence-corrected chi connectivity index (χ2v) is 7.86. The van der Waals surface area contributed by atoms with Crippen LogP contribution >= 0.6 is 10.7 Å². The summed E-state index contributed by atoms with van der Waals surface area (Å²) in [5.41, 5.74) is 0.529. The molecule has 4 nitrogen and oxygen atoms in total. The fourth-order valence-electron chi connectivity index (χ4n) is 1.05. The van der Waals surface area contributed by atoms with Gasteiger partial charge in [-0.05, 0) is 17.7 Å². The van der Waals surface area contributed by atoms with Crippen LogP contribution in [0.15, 0.2) is 29.2 Å². The van der Waals surface area contributed by atoms with E-state index in [0.29, 0.717) is 5.56 Å². The quantitative estimate of drug-likeness (QED) is 0.772. The predicted octanol–water partition coefficient (Wildman–Crippen LogP) is 1.16. The normalized spacial score (nSPS) is 12.7. The first-order chi connectivity index (χ1) is 6.68. The van der Waals surface area contributed by atoms with Crippen molar-refractivity contribution in [1.82, 2.24) is 0 Å². The molecule has 0 bridgehead atoms. The number of hydrogen-bond donors (Lipinski definition) is 0. The molecule has 0 N–H and O–H groups in total. The van der Waals surface area contributed by atoms with Crippen molar-refractivity contribution < 1.29 is 16.8 Å². The third kappa shape index (κ3) is 4.19. The maximum Gasteiger partial charge on any atom is 0.261 e. The molecular formula is C8H9ClO4S2. The van der Waals surface area contributed by atoms with Gasteiger partial charge < -0.3 is 0 Å². The summed E-state index contributed by atoms with van der Waals surface area (Å²) in [6, 6.07) is 5.42. The Labute approximate surface area is 93.2 Å². The van der Waals surface area contributed by atoms with Gasteiger partial charge >= 0.3 is 0 Å². The lowest BCUT2D eigenvalue weighted by molar-refractivity contribution is 0.601. The van der Waals surface area contributed by atoms with Crippen LogP contribution in [0.3, 0.4) is 0 Å². The van der Waals surface area contributed by atoms with Crippen molar-refractivity contribution in [1.29, 1.82) is 0 Å². The molecule has 1 aromatic carbocycles. The zero-order chi connectivity index (χ0) is 11.7. The van der Waals surface area contributed by atoms with Gasteiger partial charge in [-0.1, -0.05) is 12.1 Å². The van der Waals surface area contributed by atoms with Crippen molar-refractivity contribution in [2.45, 2.75) is 10.6 Å². The molecule has 15 heavy (non-hydrogen) atoms. The zero-order valence-electron chi connectivity index (χ0n) is 7.84. The smallest absolute Gasteiger partial charge is 0.229 e. The topological polar surface area (TPSA) is 68.3 Å². The highest BCUT2D eigenvalue weighted by atomic mass is 35.7. The standard InChI is InChI=1S/C8H9ClO4S2/c1-14(10,11)6-7-2-4-8(5-3-7)15(9,12)13/h2-5H,6H2,1H3. The summed E-state index contributed by atoms with van der Waals surface area (Å²) >= 11 is 0. The summed E-state index contributed by atoms with van der Waals surface area (Å²) in [7, 11) is -1.75. The van der Waals surface area contributed by atoms with Gasteiger partial charge in [0.05, 0.1) is 10.6 Å². The lowest BCUT2D eigenvalue weighted by Gasteiger charge is -2.00. The van der Waals surface area contributed by atoms with E-state index in [9.17, 15) is 16.8 Å². The SMILES string of the molecule is CS(=O)(=O)Cc1ccc(S(=O)(=O)Cl)cc1. The van der Waals surface area contributed by atoms with Crippen LogP contribution in [-0.2, 0) is 24.6 Å². The molecule has 0 amide bonds. The monoisotopic (exact) mass is 268 g/mol. The Morgan fingerprint density at radius 3 is 1.87 bits per heavy atom. The second kappa shape index (κ2) is 4.11. The van der Waals surface area contributed by atoms with Crippen LogP contribution in [0, 0.1) is 0 Å². The highest BCUT2D eigenvalue weighted by Gasteiger charge is 2.10. The van der Waals surface area contributed by atoms with Gasteiger partial charge in [0.2, 0.25) is 0 Å². The van der Waals surface area contributed by atoms with Gasteiger partial charge in [0, 0.05) is 16.9 Å². The Morgan fingerprint density at radius 1 is 1.07 bits per heavy atom. The van der Waals surface area contributed by atoms with E-state index in [1.807, 2.05) is 0 Å². The summed E-state index contributed by atoms with van der Waals surface area (Å²) in [6.45, 7) is 0. The number of halogens is 1. The Hall–Kier alpha value is -0.590. The summed E-state index contributed by atoms with van der Waals surface area (Å²) in [6.07, 6.45) is 1.11. The minimum atomic E-state index is -3.74. The Morgan fingerprint density at radius 2 is 1.53 bits per heavy atom. The van der Waals surface area contributed by atoms with E-state index in [1.54, 1.807) is 0 Å². The Kier molecular flexibility index (Phi) is 3.42. The number of sulfone groups is 1. The third-order valence-corrected chi connectivity index (χ3v) is 3.86. The van der Waals surface area contributed by atoms with Crippen LogP contribution in [0.4, 0.5) is 0 Å². The van der Waals surface area contributed by atoms with Gasteiger partial charge in [0.15, 0.2) is 9.84 Å². The van der Waals surface area contributed by atoms with Gasteiger partial charge in [-0.15, -0.1) is 0 Å². The molecule has 0 aliphatic rings. The van der Waals surface area contributed by atoms with E-state index < -0.39 is 18.9 Å². The van der Waals surface area contributed by atoms with Gasteiger partial charge in [0.1, 0.15) is 0 Å². The number of hydrogen-bond acceptors (Lipinski definition) is 4. The van der Waals surface area contributed by atoms with Crippen LogP contribution in [0.1, 0.15) is 5.56 Å².